The van der Waals surface area contributed by atoms with Gasteiger partial charge in [0.2, 0.25) is 0 Å². The van der Waals surface area contributed by atoms with Crippen molar-refractivity contribution in [3.8, 4) is 0 Å². The van der Waals surface area contributed by atoms with Crippen molar-refractivity contribution in [2.75, 3.05) is 7.11 Å². The fraction of sp³-hybridized carbons (Fsp3) is 0.500. The van der Waals surface area contributed by atoms with E-state index in [4.69, 9.17) is 4.74 Å². The molecule has 1 fully saturated rings. The van der Waals surface area contributed by atoms with Gasteiger partial charge in [-0.25, -0.2) is 0 Å². The van der Waals surface area contributed by atoms with Crippen molar-refractivity contribution in [3.05, 3.63) is 35.4 Å². The molecule has 3 nitrogen and oxygen atoms in total. The minimum absolute atomic E-state index is 0.0666. The minimum Gasteiger partial charge on any atom is -0.481 e. The summed E-state index contributed by atoms with van der Waals surface area (Å²) in [5, 5.41) is 9.48. The predicted molar refractivity (Wildman–Crippen MR) is 65.0 cm³/mol. The molecule has 0 spiro atoms. The lowest BCUT2D eigenvalue weighted by Gasteiger charge is -2.40. The molecule has 17 heavy (non-hydrogen) atoms. The summed E-state index contributed by atoms with van der Waals surface area (Å²) in [7, 11) is 1.65. The number of rotatable bonds is 4. The predicted octanol–water partition coefficient (Wildman–Crippen LogP) is 2.90. The van der Waals surface area contributed by atoms with Crippen LogP contribution in [0.25, 0.3) is 0 Å². The molecule has 1 N–H and O–H groups in total. The fourth-order valence-electron chi connectivity index (χ4n) is 2.54. The first kappa shape index (κ1) is 12.1. The van der Waals surface area contributed by atoms with Gasteiger partial charge in [-0.1, -0.05) is 30.7 Å². The highest BCUT2D eigenvalue weighted by Crippen LogP contribution is 2.46. The van der Waals surface area contributed by atoms with Crippen LogP contribution in [0.3, 0.4) is 0 Å². The molecule has 0 heterocycles. The van der Waals surface area contributed by atoms with E-state index in [0.29, 0.717) is 0 Å². The van der Waals surface area contributed by atoms with E-state index >= 15 is 0 Å². The number of carboxylic acids is 1. The molecule has 0 saturated heterocycles. The summed E-state index contributed by atoms with van der Waals surface area (Å²) in [5.41, 5.74) is 1.24. The number of carboxylic acid groups (broad SMARTS) is 1. The van der Waals surface area contributed by atoms with Crippen LogP contribution in [0.15, 0.2) is 24.3 Å². The Morgan fingerprint density at radius 3 is 2.53 bits per heavy atom. The van der Waals surface area contributed by atoms with Gasteiger partial charge in [-0.3, -0.25) is 4.79 Å². The summed E-state index contributed by atoms with van der Waals surface area (Å²) < 4.78 is 5.33. The Labute approximate surface area is 101 Å². The van der Waals surface area contributed by atoms with Gasteiger partial charge >= 0.3 is 5.97 Å². The monoisotopic (exact) mass is 234 g/mol. The van der Waals surface area contributed by atoms with Crippen LogP contribution in [-0.2, 0) is 14.9 Å². The molecule has 1 saturated carbocycles. The number of ether oxygens (including phenoxy) is 1. The molecule has 1 aliphatic carbocycles. The van der Waals surface area contributed by atoms with E-state index in [0.717, 1.165) is 30.4 Å². The Morgan fingerprint density at radius 1 is 1.41 bits per heavy atom. The van der Waals surface area contributed by atoms with Crippen LogP contribution in [0.5, 0.6) is 0 Å². The van der Waals surface area contributed by atoms with Crippen molar-refractivity contribution < 1.29 is 14.6 Å². The molecular formula is C14H18O3. The molecule has 3 heteroatoms. The maximum absolute atomic E-state index is 11.5. The second-order valence-electron chi connectivity index (χ2n) is 4.71. The van der Waals surface area contributed by atoms with E-state index in [1.807, 2.05) is 31.2 Å². The normalized spacial score (nSPS) is 19.4. The van der Waals surface area contributed by atoms with Gasteiger partial charge in [0.25, 0.3) is 0 Å². The van der Waals surface area contributed by atoms with Crippen molar-refractivity contribution in [1.82, 2.24) is 0 Å². The molecule has 2 rings (SSSR count). The van der Waals surface area contributed by atoms with Gasteiger partial charge < -0.3 is 9.84 Å². The van der Waals surface area contributed by atoms with E-state index in [-0.39, 0.29) is 6.10 Å². The molecule has 1 aromatic rings. The molecule has 0 aliphatic heterocycles. The number of methoxy groups -OCH3 is 1. The molecule has 1 aromatic carbocycles. The van der Waals surface area contributed by atoms with E-state index in [9.17, 15) is 9.90 Å². The third-order valence-corrected chi connectivity index (χ3v) is 3.88. The number of benzene rings is 1. The molecule has 1 aliphatic rings. The van der Waals surface area contributed by atoms with Crippen molar-refractivity contribution in [3.63, 3.8) is 0 Å². The Hall–Kier alpha value is -1.35. The molecule has 0 amide bonds. The highest BCUT2D eigenvalue weighted by atomic mass is 16.5. The van der Waals surface area contributed by atoms with Crippen molar-refractivity contribution in [1.29, 1.82) is 0 Å². The van der Waals surface area contributed by atoms with Gasteiger partial charge in [0.1, 0.15) is 0 Å². The lowest BCUT2D eigenvalue weighted by atomic mass is 9.63. The molecule has 0 bridgehead atoms. The Morgan fingerprint density at radius 2 is 2.06 bits per heavy atom. The van der Waals surface area contributed by atoms with Gasteiger partial charge in [-0.2, -0.15) is 0 Å². The third kappa shape index (κ3) is 1.84. The average Bonchev–Trinajstić information content (AvgIpc) is 2.27. The highest BCUT2D eigenvalue weighted by molar-refractivity contribution is 5.83. The van der Waals surface area contributed by atoms with Gasteiger partial charge in [0.15, 0.2) is 0 Å². The van der Waals surface area contributed by atoms with Crippen molar-refractivity contribution in [2.45, 2.75) is 37.7 Å². The highest BCUT2D eigenvalue weighted by Gasteiger charge is 2.47. The quantitative estimate of drug-likeness (QED) is 0.871. The third-order valence-electron chi connectivity index (χ3n) is 3.88. The van der Waals surface area contributed by atoms with Crippen LogP contribution in [-0.4, -0.2) is 18.2 Å². The molecule has 92 valence electrons. The number of hydrogen-bond donors (Lipinski definition) is 1. The molecule has 1 atom stereocenters. The summed E-state index contributed by atoms with van der Waals surface area (Å²) in [4.78, 5) is 11.5. The Balaban J connectivity index is 2.47. The first-order chi connectivity index (χ1) is 8.12. The average molecular weight is 234 g/mol. The number of hydrogen-bond acceptors (Lipinski definition) is 2. The summed E-state index contributed by atoms with van der Waals surface area (Å²) in [6.07, 6.45) is 2.39. The lowest BCUT2D eigenvalue weighted by Crippen LogP contribution is -2.43. The van der Waals surface area contributed by atoms with Crippen LogP contribution >= 0.6 is 0 Å². The van der Waals surface area contributed by atoms with Crippen LogP contribution in [0, 0.1) is 0 Å². The maximum Gasteiger partial charge on any atom is 0.314 e. The number of carbonyl (C=O) groups is 1. The van der Waals surface area contributed by atoms with Gasteiger partial charge in [-0.15, -0.1) is 0 Å². The Bertz CT molecular complexity index is 421. The van der Waals surface area contributed by atoms with E-state index in [1.165, 1.54) is 0 Å². The van der Waals surface area contributed by atoms with Crippen LogP contribution in [0.1, 0.15) is 43.4 Å². The van der Waals surface area contributed by atoms with E-state index in [2.05, 4.69) is 0 Å². The first-order valence-corrected chi connectivity index (χ1v) is 5.97. The Kier molecular flexibility index (Phi) is 3.20. The molecular weight excluding hydrogens is 216 g/mol. The van der Waals surface area contributed by atoms with Crippen molar-refractivity contribution >= 4 is 5.97 Å². The number of aliphatic carboxylic acids is 1. The smallest absolute Gasteiger partial charge is 0.314 e. The maximum atomic E-state index is 11.5. The summed E-state index contributed by atoms with van der Waals surface area (Å²) in [6, 6.07) is 7.73. The summed E-state index contributed by atoms with van der Waals surface area (Å²) in [5.74, 6) is -0.709. The second kappa shape index (κ2) is 4.49. The second-order valence-corrected chi connectivity index (χ2v) is 4.71. The zero-order valence-corrected chi connectivity index (χ0v) is 10.3. The van der Waals surface area contributed by atoms with Crippen molar-refractivity contribution in [2.24, 2.45) is 0 Å². The van der Waals surface area contributed by atoms with Gasteiger partial charge in [0, 0.05) is 7.11 Å². The lowest BCUT2D eigenvalue weighted by molar-refractivity contribution is -0.147. The summed E-state index contributed by atoms with van der Waals surface area (Å²) >= 11 is 0. The minimum atomic E-state index is -0.709. The fourth-order valence-corrected chi connectivity index (χ4v) is 2.54. The van der Waals surface area contributed by atoms with Gasteiger partial charge in [-0.05, 0) is 30.9 Å². The van der Waals surface area contributed by atoms with E-state index < -0.39 is 11.4 Å². The first-order valence-electron chi connectivity index (χ1n) is 5.97. The summed E-state index contributed by atoms with van der Waals surface area (Å²) in [6.45, 7) is 1.95. The van der Waals surface area contributed by atoms with Gasteiger partial charge in [0.05, 0.1) is 11.5 Å². The molecule has 0 radical (unpaired) electrons. The molecule has 1 unspecified atom stereocenters. The zero-order chi connectivity index (χ0) is 12.5. The standard InChI is InChI=1S/C14H18O3/c1-10(17-2)11-6-3-4-7-12(11)14(13(15)16)8-5-9-14/h3-4,6-7,10H,5,8-9H2,1-2H3,(H,15,16). The van der Waals surface area contributed by atoms with Crippen LogP contribution < -0.4 is 0 Å². The SMILES string of the molecule is COC(C)c1ccccc1C1(C(=O)O)CCC1. The zero-order valence-electron chi connectivity index (χ0n) is 10.3. The largest absolute Gasteiger partial charge is 0.481 e. The van der Waals surface area contributed by atoms with Crippen LogP contribution in [0.4, 0.5) is 0 Å². The van der Waals surface area contributed by atoms with E-state index in [1.54, 1.807) is 7.11 Å². The topological polar surface area (TPSA) is 46.5 Å². The molecule has 0 aromatic heterocycles. The van der Waals surface area contributed by atoms with Crippen LogP contribution in [0.2, 0.25) is 0 Å².